The molecule has 0 aliphatic heterocycles. The van der Waals surface area contributed by atoms with Crippen LogP contribution in [-0.2, 0) is 0 Å². The zero-order valence-corrected chi connectivity index (χ0v) is 20.0. The molecule has 5 heteroatoms. The fourth-order valence-electron chi connectivity index (χ4n) is 3.99. The zero-order valence-electron chi connectivity index (χ0n) is 20.0. The fraction of sp³-hybridized carbons (Fsp3) is 0.172. The highest BCUT2D eigenvalue weighted by molar-refractivity contribution is 5.84. The Balaban J connectivity index is 1.97. The Labute approximate surface area is 200 Å². The number of hydrogen-bond donors (Lipinski definition) is 3. The molecule has 4 aromatic carbocycles. The molecule has 0 aliphatic carbocycles. The number of hydrogen-bond acceptors (Lipinski definition) is 5. The molecule has 5 nitrogen and oxygen atoms in total. The second-order valence-corrected chi connectivity index (χ2v) is 8.73. The second-order valence-electron chi connectivity index (χ2n) is 8.73. The number of aromatic hydroxyl groups is 3. The van der Waals surface area contributed by atoms with Crippen molar-refractivity contribution in [1.29, 1.82) is 0 Å². The van der Waals surface area contributed by atoms with Gasteiger partial charge in [-0.05, 0) is 111 Å². The predicted octanol–water partition coefficient (Wildman–Crippen LogP) is 7.61. The topological polar surface area (TPSA) is 73.2 Å². The van der Waals surface area contributed by atoms with Gasteiger partial charge in [0.2, 0.25) is 0 Å². The number of ether oxygens (including phenoxy) is 1. The maximum Gasteiger partial charge on any atom is 0.169 e. The Morgan fingerprint density at radius 1 is 0.529 bits per heavy atom. The molecule has 0 amide bonds. The van der Waals surface area contributed by atoms with Gasteiger partial charge in [0.1, 0.15) is 11.5 Å². The molecule has 0 heterocycles. The summed E-state index contributed by atoms with van der Waals surface area (Å²) in [5.41, 5.74) is 6.70. The Bertz CT molecular complexity index is 1320. The number of anilines is 3. The number of para-hydroxylation sites is 2. The van der Waals surface area contributed by atoms with Crippen molar-refractivity contribution in [2.75, 3.05) is 4.90 Å². The normalized spacial score (nSPS) is 10.9. The minimum Gasteiger partial charge on any atom is -0.508 e. The van der Waals surface area contributed by atoms with Crippen LogP contribution in [0.5, 0.6) is 28.7 Å². The molecule has 4 aromatic rings. The first kappa shape index (κ1) is 23.1. The van der Waals surface area contributed by atoms with Crippen LogP contribution >= 0.6 is 0 Å². The first-order chi connectivity index (χ1) is 16.2. The van der Waals surface area contributed by atoms with Crippen LogP contribution in [0.15, 0.2) is 66.7 Å². The van der Waals surface area contributed by atoms with Crippen molar-refractivity contribution in [3.8, 4) is 28.7 Å². The average molecular weight is 456 g/mol. The van der Waals surface area contributed by atoms with E-state index in [0.717, 1.165) is 44.9 Å². The summed E-state index contributed by atoms with van der Waals surface area (Å²) in [6.45, 7) is 9.55. The van der Waals surface area contributed by atoms with E-state index in [2.05, 4.69) is 4.90 Å². The molecular weight excluding hydrogens is 426 g/mol. The van der Waals surface area contributed by atoms with E-state index in [1.807, 2.05) is 77.1 Å². The van der Waals surface area contributed by atoms with Crippen LogP contribution < -0.4 is 9.64 Å². The summed E-state index contributed by atoms with van der Waals surface area (Å²) in [6.07, 6.45) is 0. The third-order valence-corrected chi connectivity index (χ3v) is 5.95. The molecule has 0 unspecified atom stereocenters. The zero-order chi connectivity index (χ0) is 24.6. The maximum absolute atomic E-state index is 10.4. The van der Waals surface area contributed by atoms with Gasteiger partial charge in [-0.1, -0.05) is 18.2 Å². The number of phenolic OH excluding ortho intramolecular Hbond substituents is 3. The van der Waals surface area contributed by atoms with Crippen molar-refractivity contribution >= 4 is 17.1 Å². The molecule has 0 bridgehead atoms. The fourth-order valence-corrected chi connectivity index (χ4v) is 3.99. The van der Waals surface area contributed by atoms with Crippen molar-refractivity contribution in [3.63, 3.8) is 0 Å². The van der Waals surface area contributed by atoms with Crippen LogP contribution in [0.25, 0.3) is 0 Å². The summed E-state index contributed by atoms with van der Waals surface area (Å²) >= 11 is 0. The minimum atomic E-state index is 0.0558. The largest absolute Gasteiger partial charge is 0.508 e. The van der Waals surface area contributed by atoms with Crippen LogP contribution in [0.4, 0.5) is 17.1 Å². The minimum absolute atomic E-state index is 0.0558. The highest BCUT2D eigenvalue weighted by atomic mass is 16.5. The predicted molar refractivity (Wildman–Crippen MR) is 136 cm³/mol. The van der Waals surface area contributed by atoms with Gasteiger partial charge in [-0.3, -0.25) is 0 Å². The van der Waals surface area contributed by atoms with Crippen LogP contribution in [0, 0.1) is 34.6 Å². The molecule has 0 aliphatic rings. The van der Waals surface area contributed by atoms with Gasteiger partial charge in [0.15, 0.2) is 17.2 Å². The summed E-state index contributed by atoms with van der Waals surface area (Å²) < 4.78 is 6.24. The van der Waals surface area contributed by atoms with Gasteiger partial charge in [0.25, 0.3) is 0 Å². The lowest BCUT2D eigenvalue weighted by Crippen LogP contribution is -2.14. The summed E-state index contributed by atoms with van der Waals surface area (Å²) in [4.78, 5) is 2.06. The van der Waals surface area contributed by atoms with Crippen molar-refractivity contribution in [2.45, 2.75) is 34.6 Å². The summed E-state index contributed by atoms with van der Waals surface area (Å²) in [6, 6.07) is 20.2. The van der Waals surface area contributed by atoms with E-state index >= 15 is 0 Å². The van der Waals surface area contributed by atoms with E-state index in [4.69, 9.17) is 4.74 Å². The van der Waals surface area contributed by atoms with Crippen molar-refractivity contribution in [3.05, 3.63) is 94.5 Å². The molecule has 0 spiro atoms. The second kappa shape index (κ2) is 9.02. The molecule has 4 rings (SSSR count). The van der Waals surface area contributed by atoms with E-state index in [0.29, 0.717) is 11.5 Å². The Hall–Kier alpha value is -4.12. The summed E-state index contributed by atoms with van der Waals surface area (Å²) in [5.74, 6) is 1.44. The lowest BCUT2D eigenvalue weighted by atomic mass is 10.0. The first-order valence-corrected chi connectivity index (χ1v) is 11.1. The van der Waals surface area contributed by atoms with Gasteiger partial charge in [0.05, 0.1) is 5.69 Å². The number of nitrogens with zero attached hydrogens (tertiary/aromatic N) is 1. The van der Waals surface area contributed by atoms with E-state index in [-0.39, 0.29) is 17.2 Å². The van der Waals surface area contributed by atoms with Gasteiger partial charge in [0, 0.05) is 11.4 Å². The molecular formula is C29H29NO4. The number of phenols is 3. The van der Waals surface area contributed by atoms with E-state index in [9.17, 15) is 15.3 Å². The SMILES string of the molecule is Cc1ccc(O)c(Oc2ccccc2N(c2cc(C)c(O)cc2C)c2cc(C)c(O)cc2C)c1. The smallest absolute Gasteiger partial charge is 0.169 e. The summed E-state index contributed by atoms with van der Waals surface area (Å²) in [7, 11) is 0. The molecule has 0 atom stereocenters. The van der Waals surface area contributed by atoms with Gasteiger partial charge in [-0.25, -0.2) is 0 Å². The molecule has 0 fully saturated rings. The van der Waals surface area contributed by atoms with Gasteiger partial charge >= 0.3 is 0 Å². The van der Waals surface area contributed by atoms with Crippen LogP contribution in [-0.4, -0.2) is 15.3 Å². The molecule has 0 aromatic heterocycles. The Kier molecular flexibility index (Phi) is 6.12. The van der Waals surface area contributed by atoms with Gasteiger partial charge < -0.3 is 25.0 Å². The molecule has 0 radical (unpaired) electrons. The van der Waals surface area contributed by atoms with Gasteiger partial charge in [-0.15, -0.1) is 0 Å². The maximum atomic E-state index is 10.4. The van der Waals surface area contributed by atoms with Crippen molar-refractivity contribution in [1.82, 2.24) is 0 Å². The molecule has 3 N–H and O–H groups in total. The monoisotopic (exact) mass is 455 g/mol. The number of rotatable bonds is 5. The van der Waals surface area contributed by atoms with E-state index in [1.165, 1.54) is 0 Å². The van der Waals surface area contributed by atoms with Crippen molar-refractivity contribution < 1.29 is 20.1 Å². The quantitative estimate of drug-likeness (QED) is 0.289. The summed E-state index contributed by atoms with van der Waals surface area (Å²) in [5, 5.41) is 31.0. The highest BCUT2D eigenvalue weighted by Crippen LogP contribution is 2.46. The highest BCUT2D eigenvalue weighted by Gasteiger charge is 2.22. The van der Waals surface area contributed by atoms with Crippen LogP contribution in [0.2, 0.25) is 0 Å². The lowest BCUT2D eigenvalue weighted by molar-refractivity contribution is 0.411. The number of aryl methyl sites for hydroxylation is 5. The molecule has 174 valence electrons. The third-order valence-electron chi connectivity index (χ3n) is 5.95. The Morgan fingerprint density at radius 3 is 1.68 bits per heavy atom. The third kappa shape index (κ3) is 4.37. The van der Waals surface area contributed by atoms with Crippen molar-refractivity contribution in [2.24, 2.45) is 0 Å². The molecule has 0 saturated heterocycles. The molecule has 34 heavy (non-hydrogen) atoms. The van der Waals surface area contributed by atoms with Gasteiger partial charge in [-0.2, -0.15) is 0 Å². The van der Waals surface area contributed by atoms with E-state index < -0.39 is 0 Å². The Morgan fingerprint density at radius 2 is 1.09 bits per heavy atom. The van der Waals surface area contributed by atoms with Crippen LogP contribution in [0.3, 0.4) is 0 Å². The number of benzene rings is 4. The average Bonchev–Trinajstić information content (AvgIpc) is 2.79. The van der Waals surface area contributed by atoms with Crippen LogP contribution in [0.1, 0.15) is 27.8 Å². The first-order valence-electron chi connectivity index (χ1n) is 11.1. The standard InChI is InChI=1S/C29H29NO4/c1-17-10-11-25(31)29(12-17)34-28-9-7-6-8-22(28)30(23-13-20(4)26(32)15-18(23)2)24-14-21(5)27(33)16-19(24)3/h6-16,31-33H,1-5H3. The lowest BCUT2D eigenvalue weighted by Gasteiger charge is -2.30. The molecule has 0 saturated carbocycles. The van der Waals surface area contributed by atoms with E-state index in [1.54, 1.807) is 24.3 Å².